The van der Waals surface area contributed by atoms with E-state index in [2.05, 4.69) is 23.2 Å². The zero-order valence-corrected chi connectivity index (χ0v) is 12.1. The highest BCUT2D eigenvalue weighted by molar-refractivity contribution is 6.41. The molecule has 0 fully saturated rings. The zero-order valence-electron chi connectivity index (χ0n) is 12.1. The maximum Gasteiger partial charge on any atom is 0.379 e. The molecule has 1 aromatic rings. The highest BCUT2D eigenvalue weighted by Gasteiger charge is 2.20. The van der Waals surface area contributed by atoms with Crippen molar-refractivity contribution in [2.45, 2.75) is 26.7 Å². The third-order valence-electron chi connectivity index (χ3n) is 2.84. The van der Waals surface area contributed by atoms with E-state index in [0.717, 1.165) is 24.0 Å². The van der Waals surface area contributed by atoms with Gasteiger partial charge in [0.15, 0.2) is 0 Å². The average Bonchev–Trinajstić information content (AvgIpc) is 2.46. The van der Waals surface area contributed by atoms with E-state index >= 15 is 0 Å². The predicted octanol–water partition coefficient (Wildman–Crippen LogP) is 3.15. The van der Waals surface area contributed by atoms with E-state index in [4.69, 9.17) is 0 Å². The molecule has 0 bridgehead atoms. The van der Waals surface area contributed by atoms with Crippen LogP contribution in [0, 0.1) is 18.8 Å². The number of Topliss-reactive ketones (excluding diaryl/α,β-unsaturated/α-hetero) is 1. The Bertz CT molecular complexity index is 601. The van der Waals surface area contributed by atoms with Gasteiger partial charge < -0.3 is 4.74 Å². The van der Waals surface area contributed by atoms with Crippen molar-refractivity contribution in [1.29, 1.82) is 0 Å². The first-order valence-electron chi connectivity index (χ1n) is 6.43. The molecule has 0 spiro atoms. The van der Waals surface area contributed by atoms with Crippen molar-refractivity contribution >= 4 is 17.8 Å². The van der Waals surface area contributed by atoms with Gasteiger partial charge in [-0.1, -0.05) is 31.4 Å². The molecule has 0 atom stereocenters. The van der Waals surface area contributed by atoms with E-state index < -0.39 is 11.8 Å². The molecule has 0 saturated carbocycles. The number of unbranched alkanes of at least 4 members (excludes halogenated alkanes) is 1. The fourth-order valence-electron chi connectivity index (χ4n) is 1.72. The fourth-order valence-corrected chi connectivity index (χ4v) is 1.72. The minimum atomic E-state index is -0.887. The minimum Gasteiger partial charge on any atom is -0.463 e. The van der Waals surface area contributed by atoms with E-state index in [1.807, 2.05) is 13.8 Å². The van der Waals surface area contributed by atoms with Crippen LogP contribution >= 0.6 is 0 Å². The van der Waals surface area contributed by atoms with Gasteiger partial charge in [0.05, 0.1) is 7.11 Å². The fraction of sp³-hybridized carbons (Fsp3) is 0.294. The van der Waals surface area contributed by atoms with Gasteiger partial charge in [0.1, 0.15) is 0 Å². The summed E-state index contributed by atoms with van der Waals surface area (Å²) in [5, 5.41) is 0. The van der Waals surface area contributed by atoms with Crippen molar-refractivity contribution in [2.75, 3.05) is 7.11 Å². The quantitative estimate of drug-likeness (QED) is 0.365. The van der Waals surface area contributed by atoms with Crippen LogP contribution in [0.2, 0.25) is 0 Å². The lowest BCUT2D eigenvalue weighted by atomic mass is 9.96. The van der Waals surface area contributed by atoms with Gasteiger partial charge in [0.2, 0.25) is 0 Å². The Labute approximate surface area is 119 Å². The molecular formula is C17H18O3. The summed E-state index contributed by atoms with van der Waals surface area (Å²) in [6.45, 7) is 7.64. The Morgan fingerprint density at radius 2 is 2.10 bits per heavy atom. The molecule has 0 amide bonds. The maximum atomic E-state index is 12.0. The Kier molecular flexibility index (Phi) is 5.74. The molecule has 0 saturated heterocycles. The van der Waals surface area contributed by atoms with E-state index in [1.54, 1.807) is 18.2 Å². The molecule has 0 aliphatic carbocycles. The second-order valence-electron chi connectivity index (χ2n) is 4.33. The first-order chi connectivity index (χ1) is 9.54. The summed E-state index contributed by atoms with van der Waals surface area (Å²) in [5.74, 6) is 4.37. The summed E-state index contributed by atoms with van der Waals surface area (Å²) in [7, 11) is 1.19. The molecular weight excluding hydrogens is 252 g/mol. The number of benzene rings is 1. The first-order valence-corrected chi connectivity index (χ1v) is 6.43. The summed E-state index contributed by atoms with van der Waals surface area (Å²) in [5.41, 5.74) is 2.58. The van der Waals surface area contributed by atoms with Gasteiger partial charge in [-0.3, -0.25) is 4.79 Å². The summed E-state index contributed by atoms with van der Waals surface area (Å²) < 4.78 is 4.49. The van der Waals surface area contributed by atoms with Crippen molar-refractivity contribution in [1.82, 2.24) is 0 Å². The van der Waals surface area contributed by atoms with Crippen LogP contribution in [0.5, 0.6) is 0 Å². The average molecular weight is 270 g/mol. The molecule has 3 nitrogen and oxygen atoms in total. The van der Waals surface area contributed by atoms with E-state index in [0.29, 0.717) is 5.56 Å². The smallest absolute Gasteiger partial charge is 0.379 e. The molecule has 0 aliphatic heterocycles. The monoisotopic (exact) mass is 270 g/mol. The Balaban J connectivity index is 3.38. The highest BCUT2D eigenvalue weighted by Crippen LogP contribution is 2.18. The van der Waals surface area contributed by atoms with Crippen molar-refractivity contribution < 1.29 is 14.3 Å². The molecule has 0 radical (unpaired) electrons. The zero-order chi connectivity index (χ0) is 15.1. The largest absolute Gasteiger partial charge is 0.463 e. The van der Waals surface area contributed by atoms with Crippen LogP contribution in [0.4, 0.5) is 0 Å². The van der Waals surface area contributed by atoms with Crippen molar-refractivity contribution in [2.24, 2.45) is 0 Å². The van der Waals surface area contributed by atoms with Gasteiger partial charge >= 0.3 is 5.97 Å². The van der Waals surface area contributed by atoms with Gasteiger partial charge in [0.25, 0.3) is 5.78 Å². The minimum absolute atomic E-state index is 0.265. The molecule has 104 valence electrons. The van der Waals surface area contributed by atoms with Gasteiger partial charge in [-0.25, -0.2) is 4.79 Å². The molecule has 0 aliphatic rings. The van der Waals surface area contributed by atoms with Gasteiger partial charge in [-0.15, -0.1) is 0 Å². The lowest BCUT2D eigenvalue weighted by Gasteiger charge is -2.07. The van der Waals surface area contributed by atoms with Crippen LogP contribution in [-0.2, 0) is 9.53 Å². The number of ether oxygens (including phenoxy) is 1. The number of hydrogen-bond donors (Lipinski definition) is 0. The summed E-state index contributed by atoms with van der Waals surface area (Å²) in [4.78, 5) is 23.5. The number of carbonyl (C=O) groups excluding carboxylic acids is 2. The summed E-state index contributed by atoms with van der Waals surface area (Å²) in [6, 6.07) is 3.44. The molecule has 1 aromatic carbocycles. The van der Waals surface area contributed by atoms with Crippen LogP contribution in [0.25, 0.3) is 6.08 Å². The number of methoxy groups -OCH3 is 1. The molecule has 0 heterocycles. The topological polar surface area (TPSA) is 43.4 Å². The third-order valence-corrected chi connectivity index (χ3v) is 2.84. The maximum absolute atomic E-state index is 12.0. The van der Waals surface area contributed by atoms with Crippen LogP contribution in [0.15, 0.2) is 18.7 Å². The van der Waals surface area contributed by atoms with Crippen LogP contribution in [-0.4, -0.2) is 18.9 Å². The molecule has 1 rings (SSSR count). The number of esters is 1. The number of aryl methyl sites for hydroxylation is 1. The number of hydrogen-bond acceptors (Lipinski definition) is 3. The number of carbonyl (C=O) groups is 2. The number of rotatable bonds is 4. The van der Waals surface area contributed by atoms with Gasteiger partial charge in [-0.05, 0) is 36.6 Å². The summed E-state index contributed by atoms with van der Waals surface area (Å²) >= 11 is 0. The second-order valence-corrected chi connectivity index (χ2v) is 4.33. The van der Waals surface area contributed by atoms with E-state index in [9.17, 15) is 9.59 Å². The first kappa shape index (κ1) is 15.7. The van der Waals surface area contributed by atoms with E-state index in [1.165, 1.54) is 7.11 Å². The predicted molar refractivity (Wildman–Crippen MR) is 79.4 cm³/mol. The second kappa shape index (κ2) is 7.30. The molecule has 0 aromatic heterocycles. The number of ketones is 1. The highest BCUT2D eigenvalue weighted by atomic mass is 16.5. The van der Waals surface area contributed by atoms with E-state index in [-0.39, 0.29) is 5.56 Å². The lowest BCUT2D eigenvalue weighted by molar-refractivity contribution is -0.135. The normalized spacial score (nSPS) is 9.35. The van der Waals surface area contributed by atoms with Gasteiger partial charge in [-0.2, -0.15) is 0 Å². The standard InChI is InChI=1S/C17H18O3/c1-5-7-8-9-14-10-12(3)13(6-2)11-15(14)16(18)17(19)20-4/h6,10-11H,2,5,7H2,1,3-4H3. The Hall–Kier alpha value is -2.34. The van der Waals surface area contributed by atoms with Crippen LogP contribution in [0.1, 0.15) is 46.8 Å². The molecule has 0 unspecified atom stereocenters. The van der Waals surface area contributed by atoms with Gasteiger partial charge in [0, 0.05) is 17.5 Å². The van der Waals surface area contributed by atoms with Crippen molar-refractivity contribution in [3.05, 3.63) is 41.0 Å². The third kappa shape index (κ3) is 3.58. The molecule has 3 heteroatoms. The lowest BCUT2D eigenvalue weighted by Crippen LogP contribution is -2.17. The Morgan fingerprint density at radius 3 is 2.65 bits per heavy atom. The molecule has 20 heavy (non-hydrogen) atoms. The van der Waals surface area contributed by atoms with Crippen LogP contribution in [0.3, 0.4) is 0 Å². The SMILES string of the molecule is C=Cc1cc(C(=O)C(=O)OC)c(C#CCCC)cc1C. The molecule has 0 N–H and O–H groups in total. The van der Waals surface area contributed by atoms with Crippen LogP contribution < -0.4 is 0 Å². The van der Waals surface area contributed by atoms with Crippen molar-refractivity contribution in [3.8, 4) is 11.8 Å². The Morgan fingerprint density at radius 1 is 1.40 bits per heavy atom. The van der Waals surface area contributed by atoms with Crippen molar-refractivity contribution in [3.63, 3.8) is 0 Å². The summed E-state index contributed by atoms with van der Waals surface area (Å²) in [6.07, 6.45) is 3.33.